The average Bonchev–Trinajstić information content (AvgIpc) is 2.62. The molecule has 2 rings (SSSR count). The molecule has 0 saturated carbocycles. The van der Waals surface area contributed by atoms with E-state index in [1.165, 1.54) is 10.5 Å². The van der Waals surface area contributed by atoms with Gasteiger partial charge < -0.3 is 10.1 Å². The molecule has 2 unspecified atom stereocenters. The van der Waals surface area contributed by atoms with Crippen LogP contribution in [0.2, 0.25) is 0 Å². The van der Waals surface area contributed by atoms with E-state index in [0.29, 0.717) is 6.42 Å². The molecule has 1 heterocycles. The van der Waals surface area contributed by atoms with Gasteiger partial charge in [-0.05, 0) is 19.1 Å². The van der Waals surface area contributed by atoms with Crippen molar-refractivity contribution in [2.24, 2.45) is 0 Å². The summed E-state index contributed by atoms with van der Waals surface area (Å²) < 4.78 is 5.24. The lowest BCUT2D eigenvalue weighted by atomic mass is 10.2. The largest absolute Gasteiger partial charge is 0.361 e. The quantitative estimate of drug-likeness (QED) is 0.873. The second-order valence-electron chi connectivity index (χ2n) is 3.90. The van der Waals surface area contributed by atoms with Gasteiger partial charge in [-0.25, -0.2) is 0 Å². The molecule has 16 heavy (non-hydrogen) atoms. The van der Waals surface area contributed by atoms with E-state index in [-0.39, 0.29) is 17.4 Å². The van der Waals surface area contributed by atoms with Crippen LogP contribution in [0, 0.1) is 6.92 Å². The van der Waals surface area contributed by atoms with Crippen LogP contribution in [0.1, 0.15) is 12.0 Å². The summed E-state index contributed by atoms with van der Waals surface area (Å²) in [6.07, 6.45) is 0.357. The Morgan fingerprint density at radius 2 is 2.06 bits per heavy atom. The highest BCUT2D eigenvalue weighted by molar-refractivity contribution is 8.00. The minimum Gasteiger partial charge on any atom is -0.361 e. The fourth-order valence-electron chi connectivity index (χ4n) is 1.71. The van der Waals surface area contributed by atoms with Crippen LogP contribution in [0.4, 0.5) is 0 Å². The zero-order valence-corrected chi connectivity index (χ0v) is 10.2. The van der Waals surface area contributed by atoms with Crippen LogP contribution in [-0.4, -0.2) is 24.5 Å². The number of nitrogens with one attached hydrogen (secondary N) is 1. The molecule has 0 aromatic heterocycles. The Hall–Kier alpha value is -1.00. The molecule has 1 N–H and O–H groups in total. The van der Waals surface area contributed by atoms with E-state index in [0.717, 1.165) is 0 Å². The molecule has 86 valence electrons. The van der Waals surface area contributed by atoms with E-state index in [4.69, 9.17) is 4.74 Å². The summed E-state index contributed by atoms with van der Waals surface area (Å²) in [5.41, 5.74) is 1.24. The van der Waals surface area contributed by atoms with Gasteiger partial charge in [-0.3, -0.25) is 4.79 Å². The maximum absolute atomic E-state index is 11.3. The van der Waals surface area contributed by atoms with Gasteiger partial charge in [-0.15, -0.1) is 11.8 Å². The lowest BCUT2D eigenvalue weighted by Crippen LogP contribution is -2.31. The predicted octanol–water partition coefficient (Wildman–Crippen LogP) is 1.95. The number of hydrogen-bond acceptors (Lipinski definition) is 3. The number of thioether (sulfide) groups is 1. The van der Waals surface area contributed by atoms with Crippen molar-refractivity contribution in [2.75, 3.05) is 7.11 Å². The Bertz CT molecular complexity index is 377. The van der Waals surface area contributed by atoms with Crippen molar-refractivity contribution in [3.63, 3.8) is 0 Å². The first-order valence-electron chi connectivity index (χ1n) is 5.24. The van der Waals surface area contributed by atoms with Crippen LogP contribution in [0.15, 0.2) is 29.2 Å². The summed E-state index contributed by atoms with van der Waals surface area (Å²) in [6, 6.07) is 8.31. The number of hydrogen-bond donors (Lipinski definition) is 1. The van der Waals surface area contributed by atoms with Crippen LogP contribution < -0.4 is 5.32 Å². The number of rotatable bonds is 3. The first-order chi connectivity index (χ1) is 7.69. The van der Waals surface area contributed by atoms with Gasteiger partial charge in [0.05, 0.1) is 5.25 Å². The predicted molar refractivity (Wildman–Crippen MR) is 64.4 cm³/mol. The van der Waals surface area contributed by atoms with Crippen molar-refractivity contribution in [3.05, 3.63) is 29.8 Å². The van der Waals surface area contributed by atoms with Crippen molar-refractivity contribution in [2.45, 2.75) is 29.7 Å². The van der Waals surface area contributed by atoms with Crippen molar-refractivity contribution >= 4 is 17.7 Å². The molecule has 1 aromatic carbocycles. The Kier molecular flexibility index (Phi) is 3.51. The SMILES string of the molecule is COC1NC(=O)CC1Sc1ccc(C)cc1. The fourth-order valence-corrected chi connectivity index (χ4v) is 2.89. The molecule has 0 radical (unpaired) electrons. The Labute approximate surface area is 99.6 Å². The molecule has 0 aliphatic carbocycles. The van der Waals surface area contributed by atoms with Crippen molar-refractivity contribution in [3.8, 4) is 0 Å². The van der Waals surface area contributed by atoms with Crippen LogP contribution in [0.3, 0.4) is 0 Å². The summed E-state index contributed by atoms with van der Waals surface area (Å²) in [5.74, 6) is 0.0662. The molecule has 1 aliphatic rings. The summed E-state index contributed by atoms with van der Waals surface area (Å²) in [5, 5.41) is 2.97. The lowest BCUT2D eigenvalue weighted by Gasteiger charge is -2.16. The minimum atomic E-state index is -0.168. The molecule has 0 bridgehead atoms. The molecule has 1 aliphatic heterocycles. The minimum absolute atomic E-state index is 0.0662. The lowest BCUT2D eigenvalue weighted by molar-refractivity contribution is -0.120. The third kappa shape index (κ3) is 2.57. The van der Waals surface area contributed by atoms with Crippen LogP contribution in [-0.2, 0) is 9.53 Å². The maximum Gasteiger partial charge on any atom is 0.223 e. The average molecular weight is 237 g/mol. The topological polar surface area (TPSA) is 38.3 Å². The second kappa shape index (κ2) is 4.89. The van der Waals surface area contributed by atoms with Gasteiger partial charge in [0, 0.05) is 18.4 Å². The summed E-state index contributed by atoms with van der Waals surface area (Å²) in [4.78, 5) is 12.4. The zero-order chi connectivity index (χ0) is 11.5. The van der Waals surface area contributed by atoms with Crippen molar-refractivity contribution in [1.82, 2.24) is 5.32 Å². The van der Waals surface area contributed by atoms with E-state index in [1.54, 1.807) is 18.9 Å². The van der Waals surface area contributed by atoms with E-state index in [9.17, 15) is 4.79 Å². The molecule has 1 amide bonds. The number of carbonyl (C=O) groups is 1. The molecular formula is C12H15NO2S. The first kappa shape index (κ1) is 11.5. The smallest absolute Gasteiger partial charge is 0.223 e. The van der Waals surface area contributed by atoms with Crippen LogP contribution >= 0.6 is 11.8 Å². The number of carbonyl (C=O) groups excluding carboxylic acids is 1. The number of methoxy groups -OCH3 is 1. The molecule has 3 nitrogen and oxygen atoms in total. The first-order valence-corrected chi connectivity index (χ1v) is 6.12. The van der Waals surface area contributed by atoms with Gasteiger partial charge in [-0.1, -0.05) is 17.7 Å². The maximum atomic E-state index is 11.3. The van der Waals surface area contributed by atoms with E-state index >= 15 is 0 Å². The highest BCUT2D eigenvalue weighted by Crippen LogP contribution is 2.30. The van der Waals surface area contributed by atoms with E-state index < -0.39 is 0 Å². The molecule has 2 atom stereocenters. The van der Waals surface area contributed by atoms with Gasteiger partial charge >= 0.3 is 0 Å². The number of amides is 1. The molecule has 1 saturated heterocycles. The third-order valence-electron chi connectivity index (χ3n) is 2.59. The standard InChI is InChI=1S/C12H15NO2S/c1-8-3-5-9(6-4-8)16-10-7-11(14)13-12(10)15-2/h3-6,10,12H,7H2,1-2H3,(H,13,14). The van der Waals surface area contributed by atoms with Gasteiger partial charge in [0.1, 0.15) is 6.23 Å². The van der Waals surface area contributed by atoms with E-state index in [2.05, 4.69) is 36.5 Å². The summed E-state index contributed by atoms with van der Waals surface area (Å²) >= 11 is 1.69. The molecule has 4 heteroatoms. The normalized spacial score (nSPS) is 24.5. The molecule has 1 aromatic rings. The van der Waals surface area contributed by atoms with Gasteiger partial charge in [-0.2, -0.15) is 0 Å². The van der Waals surface area contributed by atoms with Crippen LogP contribution in [0.25, 0.3) is 0 Å². The number of benzene rings is 1. The van der Waals surface area contributed by atoms with Crippen molar-refractivity contribution < 1.29 is 9.53 Å². The summed E-state index contributed by atoms with van der Waals surface area (Å²) in [6.45, 7) is 2.06. The van der Waals surface area contributed by atoms with Gasteiger partial charge in [0.25, 0.3) is 0 Å². The second-order valence-corrected chi connectivity index (χ2v) is 5.21. The number of ether oxygens (including phenoxy) is 1. The highest BCUT2D eigenvalue weighted by Gasteiger charge is 2.32. The van der Waals surface area contributed by atoms with E-state index in [1.807, 2.05) is 0 Å². The molecule has 0 spiro atoms. The monoisotopic (exact) mass is 237 g/mol. The van der Waals surface area contributed by atoms with Crippen LogP contribution in [0.5, 0.6) is 0 Å². The molecular weight excluding hydrogens is 222 g/mol. The fraction of sp³-hybridized carbons (Fsp3) is 0.417. The van der Waals surface area contributed by atoms with Crippen molar-refractivity contribution in [1.29, 1.82) is 0 Å². The Balaban J connectivity index is 2.03. The highest BCUT2D eigenvalue weighted by atomic mass is 32.2. The summed E-state index contributed by atoms with van der Waals surface area (Å²) in [7, 11) is 1.62. The van der Waals surface area contributed by atoms with Gasteiger partial charge in [0.2, 0.25) is 5.91 Å². The Morgan fingerprint density at radius 1 is 1.38 bits per heavy atom. The van der Waals surface area contributed by atoms with Gasteiger partial charge in [0.15, 0.2) is 0 Å². The molecule has 1 fully saturated rings. The number of aryl methyl sites for hydroxylation is 1. The zero-order valence-electron chi connectivity index (χ0n) is 9.40. The Morgan fingerprint density at radius 3 is 2.69 bits per heavy atom. The third-order valence-corrected chi connectivity index (χ3v) is 3.85.